The summed E-state index contributed by atoms with van der Waals surface area (Å²) in [5.74, 6) is 0.0566. The molecule has 2 aromatic heterocycles. The third kappa shape index (κ3) is 4.56. The van der Waals surface area contributed by atoms with Gasteiger partial charge < -0.3 is 15.1 Å². The number of hydrogen-bond acceptors (Lipinski definition) is 6. The lowest BCUT2D eigenvalue weighted by Gasteiger charge is -2.29. The maximum atomic E-state index is 12.3. The smallest absolute Gasteiger partial charge is 0.287 e. The van der Waals surface area contributed by atoms with Crippen LogP contribution < -0.4 is 15.9 Å². The molecule has 8 heteroatoms. The Bertz CT molecular complexity index is 905. The topological polar surface area (TPSA) is 79.6 Å². The van der Waals surface area contributed by atoms with Crippen molar-refractivity contribution in [3.8, 4) is 0 Å². The monoisotopic (exact) mass is 398 g/mol. The van der Waals surface area contributed by atoms with Crippen LogP contribution in [0.3, 0.4) is 0 Å². The zero-order valence-corrected chi connectivity index (χ0v) is 16.6. The summed E-state index contributed by atoms with van der Waals surface area (Å²) < 4.78 is 11.6. The summed E-state index contributed by atoms with van der Waals surface area (Å²) in [5, 5.41) is 10.3. The Hall–Kier alpha value is -2.31. The van der Waals surface area contributed by atoms with Crippen molar-refractivity contribution >= 4 is 30.3 Å². The first-order chi connectivity index (χ1) is 13.7. The number of hydroxylamine groups is 2. The first kappa shape index (κ1) is 19.0. The lowest BCUT2D eigenvalue weighted by atomic mass is 10.2. The van der Waals surface area contributed by atoms with Crippen LogP contribution in [0, 0.1) is 0 Å². The van der Waals surface area contributed by atoms with Crippen molar-refractivity contribution in [3.63, 3.8) is 0 Å². The molecule has 0 aliphatic carbocycles. The van der Waals surface area contributed by atoms with E-state index in [1.807, 2.05) is 23.3 Å². The average molecular weight is 398 g/mol. The molecule has 1 aliphatic heterocycles. The molecule has 1 unspecified atom stereocenters. The molecule has 2 N–H and O–H groups in total. The van der Waals surface area contributed by atoms with Crippen LogP contribution in [0.1, 0.15) is 16.1 Å². The first-order valence-corrected chi connectivity index (χ1v) is 11.0. The molecule has 3 heterocycles. The summed E-state index contributed by atoms with van der Waals surface area (Å²) in [6.07, 6.45) is 3.28. The minimum absolute atomic E-state index is 0.236. The van der Waals surface area contributed by atoms with Gasteiger partial charge in [-0.15, -0.1) is 0 Å². The Morgan fingerprint density at radius 1 is 1.29 bits per heavy atom. The first-order valence-electron chi connectivity index (χ1n) is 9.27. The third-order valence-corrected chi connectivity index (χ3v) is 6.11. The van der Waals surface area contributed by atoms with Gasteiger partial charge >= 0.3 is 0 Å². The Balaban J connectivity index is 1.31. The molecule has 1 fully saturated rings. The number of carbonyl (C=O) groups is 1. The number of carbonyl (C=O) groups excluding carboxylic acids is 1. The van der Waals surface area contributed by atoms with Gasteiger partial charge in [-0.2, -0.15) is 5.06 Å². The van der Waals surface area contributed by atoms with Gasteiger partial charge in [-0.1, -0.05) is 24.3 Å². The van der Waals surface area contributed by atoms with Crippen LogP contribution in [0.5, 0.6) is 0 Å². The predicted octanol–water partition coefficient (Wildman–Crippen LogP) is 2.25. The number of amides is 1. The van der Waals surface area contributed by atoms with E-state index in [4.69, 9.17) is 9.04 Å². The molecule has 4 rings (SSSR count). The number of hydrogen-bond donors (Lipinski definition) is 2. The highest BCUT2D eigenvalue weighted by atomic mass is 31.1. The standard InChI is InChI=1S/C20H23N4O3P/c1-28(27-24-10-8-21-9-11-24)17-4-2-15(3-5-17)13-23-20(25)18-12-16-6-7-22-14-19(16)26-18/h2-7,12,14,21H,8-11,13H2,1H3,(H,23,25). The van der Waals surface area contributed by atoms with E-state index in [1.165, 1.54) is 5.30 Å². The maximum absolute atomic E-state index is 12.3. The zero-order chi connectivity index (χ0) is 19.3. The zero-order valence-electron chi connectivity index (χ0n) is 15.7. The van der Waals surface area contributed by atoms with Crippen LogP contribution in [0.25, 0.3) is 11.0 Å². The van der Waals surface area contributed by atoms with Gasteiger partial charge in [0.15, 0.2) is 11.3 Å². The Morgan fingerprint density at radius 3 is 2.82 bits per heavy atom. The predicted molar refractivity (Wildman–Crippen MR) is 110 cm³/mol. The second kappa shape index (κ2) is 8.80. The summed E-state index contributed by atoms with van der Waals surface area (Å²) in [5.41, 5.74) is 1.64. The van der Waals surface area contributed by atoms with Crippen molar-refractivity contribution in [2.24, 2.45) is 0 Å². The van der Waals surface area contributed by atoms with E-state index < -0.39 is 8.15 Å². The highest BCUT2D eigenvalue weighted by Gasteiger charge is 2.16. The largest absolute Gasteiger partial charge is 0.449 e. The lowest BCUT2D eigenvalue weighted by molar-refractivity contribution is -0.0538. The number of aromatic nitrogens is 1. The fourth-order valence-electron chi connectivity index (χ4n) is 3.04. The van der Waals surface area contributed by atoms with Crippen LogP contribution in [0.15, 0.2) is 53.2 Å². The molecule has 1 saturated heterocycles. The van der Waals surface area contributed by atoms with Crippen LogP contribution in [-0.2, 0) is 11.2 Å². The molecular formula is C20H23N4O3P. The van der Waals surface area contributed by atoms with E-state index in [0.29, 0.717) is 17.9 Å². The number of benzene rings is 1. The van der Waals surface area contributed by atoms with Gasteiger partial charge in [0, 0.05) is 49.6 Å². The number of nitrogens with zero attached hydrogens (tertiary/aromatic N) is 2. The second-order valence-corrected chi connectivity index (χ2v) is 8.31. The summed E-state index contributed by atoms with van der Waals surface area (Å²) >= 11 is 0. The van der Waals surface area contributed by atoms with Gasteiger partial charge in [-0.25, -0.2) is 0 Å². The number of fused-ring (bicyclic) bond motifs is 1. The van der Waals surface area contributed by atoms with Crippen molar-refractivity contribution in [1.29, 1.82) is 0 Å². The van der Waals surface area contributed by atoms with Gasteiger partial charge in [0.05, 0.1) is 14.3 Å². The molecule has 1 amide bonds. The molecule has 28 heavy (non-hydrogen) atoms. The molecule has 0 saturated carbocycles. The van der Waals surface area contributed by atoms with Gasteiger partial charge in [0.25, 0.3) is 5.91 Å². The fourth-order valence-corrected chi connectivity index (χ4v) is 4.21. The molecular weight excluding hydrogens is 375 g/mol. The summed E-state index contributed by atoms with van der Waals surface area (Å²) in [6, 6.07) is 11.7. The van der Waals surface area contributed by atoms with Crippen LogP contribution in [0.2, 0.25) is 0 Å². The van der Waals surface area contributed by atoms with Crippen molar-refractivity contribution in [3.05, 3.63) is 60.1 Å². The van der Waals surface area contributed by atoms with E-state index in [-0.39, 0.29) is 5.91 Å². The fraction of sp³-hybridized carbons (Fsp3) is 0.300. The molecule has 1 aromatic carbocycles. The third-order valence-electron chi connectivity index (χ3n) is 4.61. The summed E-state index contributed by atoms with van der Waals surface area (Å²) in [4.78, 5) is 16.3. The summed E-state index contributed by atoms with van der Waals surface area (Å²) in [7, 11) is -0.691. The van der Waals surface area contributed by atoms with Crippen molar-refractivity contribution in [1.82, 2.24) is 20.7 Å². The normalized spacial score (nSPS) is 16.2. The molecule has 0 bridgehead atoms. The maximum Gasteiger partial charge on any atom is 0.287 e. The minimum Gasteiger partial charge on any atom is -0.449 e. The summed E-state index contributed by atoms with van der Waals surface area (Å²) in [6.45, 7) is 6.30. The highest BCUT2D eigenvalue weighted by molar-refractivity contribution is 7.60. The van der Waals surface area contributed by atoms with Crippen LogP contribution in [-0.4, -0.2) is 48.8 Å². The van der Waals surface area contributed by atoms with Gasteiger partial charge in [-0.3, -0.25) is 14.4 Å². The van der Waals surface area contributed by atoms with Gasteiger partial charge in [-0.05, 0) is 24.4 Å². The molecule has 7 nitrogen and oxygen atoms in total. The van der Waals surface area contributed by atoms with E-state index in [1.54, 1.807) is 18.5 Å². The van der Waals surface area contributed by atoms with E-state index >= 15 is 0 Å². The van der Waals surface area contributed by atoms with Crippen LogP contribution >= 0.6 is 8.15 Å². The Morgan fingerprint density at radius 2 is 2.07 bits per heavy atom. The lowest BCUT2D eigenvalue weighted by Crippen LogP contribution is -2.42. The highest BCUT2D eigenvalue weighted by Crippen LogP contribution is 2.32. The molecule has 0 spiro atoms. The SMILES string of the molecule is CP(ON1CCNCC1)c1ccc(CNC(=O)c2cc3ccncc3o2)cc1. The second-order valence-electron chi connectivity index (χ2n) is 6.63. The quantitative estimate of drug-likeness (QED) is 0.620. The molecule has 146 valence electrons. The van der Waals surface area contributed by atoms with E-state index in [2.05, 4.69) is 34.4 Å². The molecule has 1 atom stereocenters. The number of rotatable bonds is 6. The number of nitrogens with one attached hydrogen (secondary N) is 2. The molecule has 3 aromatic rings. The Labute approximate surface area is 164 Å². The van der Waals surface area contributed by atoms with Crippen molar-refractivity contribution in [2.45, 2.75) is 6.54 Å². The van der Waals surface area contributed by atoms with Gasteiger partial charge in [0.2, 0.25) is 0 Å². The average Bonchev–Trinajstić information content (AvgIpc) is 3.17. The van der Waals surface area contributed by atoms with Crippen molar-refractivity contribution < 1.29 is 13.8 Å². The number of piperazine rings is 1. The van der Waals surface area contributed by atoms with Crippen molar-refractivity contribution in [2.75, 3.05) is 32.8 Å². The van der Waals surface area contributed by atoms with E-state index in [0.717, 1.165) is 37.1 Å². The minimum atomic E-state index is -0.691. The number of furan rings is 1. The van der Waals surface area contributed by atoms with Crippen LogP contribution in [0.4, 0.5) is 0 Å². The molecule has 0 radical (unpaired) electrons. The van der Waals surface area contributed by atoms with Gasteiger partial charge in [0.1, 0.15) is 0 Å². The van der Waals surface area contributed by atoms with E-state index in [9.17, 15) is 4.79 Å². The number of pyridine rings is 1. The molecule has 1 aliphatic rings. The Kier molecular flexibility index (Phi) is 5.98.